The molecule has 152 valence electrons. The molecule has 5 nitrogen and oxygen atoms in total. The summed E-state index contributed by atoms with van der Waals surface area (Å²) in [7, 11) is 0. The Morgan fingerprint density at radius 3 is 2.47 bits per heavy atom. The molecular weight excluding hydrogens is 372 g/mol. The Morgan fingerprint density at radius 2 is 1.63 bits per heavy atom. The highest BCUT2D eigenvalue weighted by molar-refractivity contribution is 6.06. The van der Waals surface area contributed by atoms with Crippen molar-refractivity contribution < 1.29 is 4.79 Å². The average Bonchev–Trinajstić information content (AvgIpc) is 3.24. The summed E-state index contributed by atoms with van der Waals surface area (Å²) < 4.78 is 0. The van der Waals surface area contributed by atoms with Gasteiger partial charge in [0.05, 0.1) is 0 Å². The van der Waals surface area contributed by atoms with Crippen LogP contribution in [0.2, 0.25) is 0 Å². The molecule has 0 N–H and O–H groups in total. The molecule has 3 heterocycles. The third kappa shape index (κ3) is 3.81. The van der Waals surface area contributed by atoms with Crippen molar-refractivity contribution in [3.63, 3.8) is 0 Å². The van der Waals surface area contributed by atoms with E-state index in [9.17, 15) is 4.79 Å². The van der Waals surface area contributed by atoms with Crippen molar-refractivity contribution in [3.8, 4) is 0 Å². The first-order valence-corrected chi connectivity index (χ1v) is 10.6. The number of carbonyl (C=O) groups is 1. The highest BCUT2D eigenvalue weighted by Crippen LogP contribution is 2.29. The number of pyridine rings is 1. The lowest BCUT2D eigenvalue weighted by Crippen LogP contribution is -2.46. The van der Waals surface area contributed by atoms with Crippen molar-refractivity contribution in [3.05, 3.63) is 89.7 Å². The Kier molecular flexibility index (Phi) is 5.20. The minimum Gasteiger partial charge on any atom is -0.369 e. The van der Waals surface area contributed by atoms with Crippen molar-refractivity contribution in [2.45, 2.75) is 13.0 Å². The van der Waals surface area contributed by atoms with E-state index in [4.69, 9.17) is 0 Å². The number of aromatic nitrogens is 1. The van der Waals surface area contributed by atoms with Crippen molar-refractivity contribution in [2.75, 3.05) is 42.5 Å². The number of rotatable bonds is 4. The lowest BCUT2D eigenvalue weighted by molar-refractivity contribution is 0.0984. The molecule has 1 aromatic heterocycles. The fourth-order valence-electron chi connectivity index (χ4n) is 4.43. The molecule has 2 aliphatic heterocycles. The molecule has 5 rings (SSSR count). The van der Waals surface area contributed by atoms with Crippen molar-refractivity contribution in [1.29, 1.82) is 0 Å². The minimum atomic E-state index is -0.00971. The van der Waals surface area contributed by atoms with Crippen molar-refractivity contribution >= 4 is 17.3 Å². The number of fused-ring (bicyclic) bond motifs is 1. The Balaban J connectivity index is 1.25. The number of benzene rings is 2. The molecule has 1 saturated heterocycles. The second kappa shape index (κ2) is 8.28. The molecule has 2 aliphatic rings. The lowest BCUT2D eigenvalue weighted by atomic mass is 10.2. The summed E-state index contributed by atoms with van der Waals surface area (Å²) in [6.45, 7) is 5.65. The quantitative estimate of drug-likeness (QED) is 0.673. The van der Waals surface area contributed by atoms with Gasteiger partial charge in [0.15, 0.2) is 0 Å². The Hall–Kier alpha value is -3.18. The van der Waals surface area contributed by atoms with E-state index >= 15 is 0 Å². The maximum atomic E-state index is 13.1. The summed E-state index contributed by atoms with van der Waals surface area (Å²) in [6.07, 6.45) is 2.67. The Labute approximate surface area is 177 Å². The zero-order valence-corrected chi connectivity index (χ0v) is 17.1. The molecule has 0 spiro atoms. The number of nitrogens with zero attached hydrogens (tertiary/aromatic N) is 4. The zero-order valence-electron chi connectivity index (χ0n) is 17.1. The number of anilines is 2. The molecular formula is C25H26N4O. The van der Waals surface area contributed by atoms with E-state index in [1.54, 1.807) is 6.20 Å². The van der Waals surface area contributed by atoms with Crippen molar-refractivity contribution in [2.24, 2.45) is 0 Å². The number of para-hydroxylation sites is 1. The predicted octanol–water partition coefficient (Wildman–Crippen LogP) is 3.61. The largest absolute Gasteiger partial charge is 0.369 e. The highest BCUT2D eigenvalue weighted by atomic mass is 16.2. The molecule has 0 atom stereocenters. The van der Waals surface area contributed by atoms with Crippen LogP contribution in [0.1, 0.15) is 21.6 Å². The third-order valence-electron chi connectivity index (χ3n) is 6.08. The maximum Gasteiger partial charge on any atom is 0.276 e. The van der Waals surface area contributed by atoms with E-state index in [-0.39, 0.29) is 5.91 Å². The van der Waals surface area contributed by atoms with Gasteiger partial charge in [0.25, 0.3) is 5.91 Å². The second-order valence-corrected chi connectivity index (χ2v) is 7.98. The summed E-state index contributed by atoms with van der Waals surface area (Å²) in [5, 5.41) is 0. The van der Waals surface area contributed by atoms with E-state index in [2.05, 4.69) is 51.2 Å². The van der Waals surface area contributed by atoms with Crippen LogP contribution < -0.4 is 9.80 Å². The summed E-state index contributed by atoms with van der Waals surface area (Å²) >= 11 is 0. The van der Waals surface area contributed by atoms with Gasteiger partial charge in [-0.2, -0.15) is 0 Å². The molecule has 0 aliphatic carbocycles. The molecule has 0 radical (unpaired) electrons. The molecule has 2 aromatic carbocycles. The first kappa shape index (κ1) is 18.8. The van der Waals surface area contributed by atoms with Crippen LogP contribution in [-0.4, -0.2) is 48.5 Å². The van der Waals surface area contributed by atoms with E-state index < -0.39 is 0 Å². The average molecular weight is 399 g/mol. The number of hydrogen-bond donors (Lipinski definition) is 0. The number of carbonyl (C=O) groups excluding carboxylic acids is 1. The normalized spacial score (nSPS) is 16.5. The number of hydrogen-bond acceptors (Lipinski definition) is 4. The van der Waals surface area contributed by atoms with Crippen LogP contribution >= 0.6 is 0 Å². The van der Waals surface area contributed by atoms with Gasteiger partial charge < -0.3 is 9.80 Å². The van der Waals surface area contributed by atoms with Gasteiger partial charge in [0.1, 0.15) is 5.69 Å². The summed E-state index contributed by atoms with van der Waals surface area (Å²) in [4.78, 5) is 24.2. The molecule has 30 heavy (non-hydrogen) atoms. The SMILES string of the molecule is O=C(c1cc(N2CCN(Cc3ccccc3)CC2)ccn1)N1CCc2ccccc21. The fraction of sp³-hybridized carbons (Fsp3) is 0.280. The van der Waals surface area contributed by atoms with Gasteiger partial charge in [-0.3, -0.25) is 14.7 Å². The van der Waals surface area contributed by atoms with E-state index in [0.717, 1.165) is 57.1 Å². The lowest BCUT2D eigenvalue weighted by Gasteiger charge is -2.36. The maximum absolute atomic E-state index is 13.1. The monoisotopic (exact) mass is 398 g/mol. The molecule has 3 aromatic rings. The second-order valence-electron chi connectivity index (χ2n) is 7.98. The van der Waals surface area contributed by atoms with Crippen LogP contribution in [0.3, 0.4) is 0 Å². The van der Waals surface area contributed by atoms with Crippen LogP contribution in [0, 0.1) is 0 Å². The molecule has 0 unspecified atom stereocenters. The number of amides is 1. The molecule has 0 saturated carbocycles. The van der Waals surface area contributed by atoms with Gasteiger partial charge in [0, 0.05) is 56.8 Å². The third-order valence-corrected chi connectivity index (χ3v) is 6.08. The van der Waals surface area contributed by atoms with Gasteiger partial charge in [0.2, 0.25) is 0 Å². The summed E-state index contributed by atoms with van der Waals surface area (Å²) in [5.74, 6) is -0.00971. The molecule has 1 amide bonds. The summed E-state index contributed by atoms with van der Waals surface area (Å²) in [5.41, 5.74) is 5.21. The predicted molar refractivity (Wildman–Crippen MR) is 120 cm³/mol. The Bertz CT molecular complexity index is 1030. The Morgan fingerprint density at radius 1 is 0.867 bits per heavy atom. The van der Waals surface area contributed by atoms with Crippen molar-refractivity contribution in [1.82, 2.24) is 9.88 Å². The van der Waals surface area contributed by atoms with Crippen LogP contribution in [0.4, 0.5) is 11.4 Å². The van der Waals surface area contributed by atoms with Gasteiger partial charge in [-0.1, -0.05) is 48.5 Å². The highest BCUT2D eigenvalue weighted by Gasteiger charge is 2.26. The minimum absolute atomic E-state index is 0.00971. The molecule has 5 heteroatoms. The topological polar surface area (TPSA) is 39.7 Å². The van der Waals surface area contributed by atoms with Gasteiger partial charge >= 0.3 is 0 Å². The van der Waals surface area contributed by atoms with Gasteiger partial charge in [-0.05, 0) is 35.7 Å². The van der Waals surface area contributed by atoms with Crippen LogP contribution in [0.25, 0.3) is 0 Å². The standard InChI is InChI=1S/C25H26N4O/c30-25(29-13-11-21-8-4-5-9-24(21)29)23-18-22(10-12-26-23)28-16-14-27(15-17-28)19-20-6-2-1-3-7-20/h1-10,12,18H,11,13-17,19H2. The van der Waals surface area contributed by atoms with E-state index in [1.807, 2.05) is 35.2 Å². The van der Waals surface area contributed by atoms with Crippen LogP contribution in [0.5, 0.6) is 0 Å². The zero-order chi connectivity index (χ0) is 20.3. The van der Waals surface area contributed by atoms with Gasteiger partial charge in [-0.25, -0.2) is 0 Å². The van der Waals surface area contributed by atoms with E-state index in [0.29, 0.717) is 5.69 Å². The van der Waals surface area contributed by atoms with Crippen LogP contribution in [-0.2, 0) is 13.0 Å². The van der Waals surface area contributed by atoms with E-state index in [1.165, 1.54) is 11.1 Å². The fourth-order valence-corrected chi connectivity index (χ4v) is 4.43. The van der Waals surface area contributed by atoms with Gasteiger partial charge in [-0.15, -0.1) is 0 Å². The van der Waals surface area contributed by atoms with Crippen LogP contribution in [0.15, 0.2) is 72.9 Å². The molecule has 1 fully saturated rings. The summed E-state index contributed by atoms with van der Waals surface area (Å²) in [6, 6.07) is 22.7. The first-order chi connectivity index (χ1) is 14.8. The first-order valence-electron chi connectivity index (χ1n) is 10.6. The number of piperazine rings is 1. The smallest absolute Gasteiger partial charge is 0.276 e. The molecule has 0 bridgehead atoms.